The van der Waals surface area contributed by atoms with Crippen LogP contribution in [0, 0.1) is 5.82 Å². The molecule has 0 saturated heterocycles. The summed E-state index contributed by atoms with van der Waals surface area (Å²) in [7, 11) is 5.53. The summed E-state index contributed by atoms with van der Waals surface area (Å²) >= 11 is 0. The molecule has 0 aliphatic carbocycles. The molecular formula is C15H17FN2O. The molecule has 0 atom stereocenters. The van der Waals surface area contributed by atoms with Crippen LogP contribution in [0.3, 0.4) is 0 Å². The molecule has 2 rings (SSSR count). The maximum Gasteiger partial charge on any atom is 0.142 e. The van der Waals surface area contributed by atoms with E-state index in [1.807, 2.05) is 43.3 Å². The van der Waals surface area contributed by atoms with Crippen molar-refractivity contribution in [2.24, 2.45) is 0 Å². The number of benzene rings is 2. The van der Waals surface area contributed by atoms with Gasteiger partial charge in [0.25, 0.3) is 0 Å². The number of hydrogen-bond acceptors (Lipinski definition) is 3. The van der Waals surface area contributed by atoms with Gasteiger partial charge in [0, 0.05) is 31.5 Å². The first-order valence-corrected chi connectivity index (χ1v) is 5.98. The molecule has 0 aromatic heterocycles. The average Bonchev–Trinajstić information content (AvgIpc) is 2.39. The van der Waals surface area contributed by atoms with Crippen molar-refractivity contribution in [3.05, 3.63) is 48.3 Å². The van der Waals surface area contributed by atoms with Crippen LogP contribution in [-0.4, -0.2) is 21.2 Å². The highest BCUT2D eigenvalue weighted by Gasteiger charge is 2.05. The van der Waals surface area contributed by atoms with Crippen LogP contribution in [-0.2, 0) is 0 Å². The van der Waals surface area contributed by atoms with Crippen molar-refractivity contribution in [1.82, 2.24) is 0 Å². The lowest BCUT2D eigenvalue weighted by Gasteiger charge is -2.14. The molecule has 1 N–H and O–H groups in total. The fourth-order valence-electron chi connectivity index (χ4n) is 1.78. The number of methoxy groups -OCH3 is 1. The van der Waals surface area contributed by atoms with Gasteiger partial charge in [-0.2, -0.15) is 0 Å². The van der Waals surface area contributed by atoms with Gasteiger partial charge in [-0.3, -0.25) is 0 Å². The molecule has 2 aromatic carbocycles. The molecule has 4 heteroatoms. The van der Waals surface area contributed by atoms with E-state index in [9.17, 15) is 4.39 Å². The third kappa shape index (κ3) is 3.16. The van der Waals surface area contributed by atoms with Crippen molar-refractivity contribution >= 4 is 17.1 Å². The Bertz CT molecular complexity index is 553. The highest BCUT2D eigenvalue weighted by molar-refractivity contribution is 5.67. The first-order valence-electron chi connectivity index (χ1n) is 5.98. The maximum atomic E-state index is 13.3. The number of nitrogens with one attached hydrogen (secondary N) is 1. The Morgan fingerprint density at radius 2 is 1.74 bits per heavy atom. The van der Waals surface area contributed by atoms with Crippen molar-refractivity contribution in [1.29, 1.82) is 0 Å². The van der Waals surface area contributed by atoms with Crippen LogP contribution in [0.1, 0.15) is 0 Å². The van der Waals surface area contributed by atoms with E-state index in [1.54, 1.807) is 13.2 Å². The van der Waals surface area contributed by atoms with Crippen molar-refractivity contribution < 1.29 is 9.13 Å². The molecule has 0 bridgehead atoms. The summed E-state index contributed by atoms with van der Waals surface area (Å²) in [6, 6.07) is 12.3. The van der Waals surface area contributed by atoms with E-state index < -0.39 is 0 Å². The van der Waals surface area contributed by atoms with Crippen LogP contribution in [0.15, 0.2) is 42.5 Å². The summed E-state index contributed by atoms with van der Waals surface area (Å²) in [6.45, 7) is 0. The van der Waals surface area contributed by atoms with E-state index in [0.717, 1.165) is 11.4 Å². The number of hydrogen-bond donors (Lipinski definition) is 1. The molecule has 0 aliphatic heterocycles. The van der Waals surface area contributed by atoms with Crippen molar-refractivity contribution in [2.75, 3.05) is 31.4 Å². The zero-order chi connectivity index (χ0) is 13.8. The number of anilines is 3. The van der Waals surface area contributed by atoms with Crippen LogP contribution >= 0.6 is 0 Å². The largest absolute Gasteiger partial charge is 0.495 e. The third-order valence-electron chi connectivity index (χ3n) is 2.82. The standard InChI is InChI=1S/C15H17FN2O/c1-18(2)13-7-5-12(6-8-13)17-14-10-11(16)4-9-15(14)19-3/h4-10,17H,1-3H3. The van der Waals surface area contributed by atoms with Crippen molar-refractivity contribution in [2.45, 2.75) is 0 Å². The zero-order valence-electron chi connectivity index (χ0n) is 11.3. The van der Waals surface area contributed by atoms with Crippen molar-refractivity contribution in [3.63, 3.8) is 0 Å². The van der Waals surface area contributed by atoms with E-state index in [1.165, 1.54) is 12.1 Å². The Kier molecular flexibility index (Phi) is 3.90. The minimum Gasteiger partial charge on any atom is -0.495 e. The van der Waals surface area contributed by atoms with E-state index in [-0.39, 0.29) is 5.82 Å². The lowest BCUT2D eigenvalue weighted by molar-refractivity contribution is 0.416. The summed E-state index contributed by atoms with van der Waals surface area (Å²) < 4.78 is 18.5. The van der Waals surface area contributed by atoms with Crippen LogP contribution in [0.2, 0.25) is 0 Å². The Morgan fingerprint density at radius 3 is 2.32 bits per heavy atom. The molecule has 0 fully saturated rings. The predicted molar refractivity (Wildman–Crippen MR) is 77.0 cm³/mol. The fourth-order valence-corrected chi connectivity index (χ4v) is 1.78. The number of ether oxygens (including phenoxy) is 1. The normalized spacial score (nSPS) is 10.1. The van der Waals surface area contributed by atoms with Crippen molar-refractivity contribution in [3.8, 4) is 5.75 Å². The lowest BCUT2D eigenvalue weighted by atomic mass is 10.2. The van der Waals surface area contributed by atoms with Gasteiger partial charge in [0.2, 0.25) is 0 Å². The second kappa shape index (κ2) is 5.61. The predicted octanol–water partition coefficient (Wildman–Crippen LogP) is 3.64. The van der Waals surface area contributed by atoms with E-state index in [2.05, 4.69) is 5.32 Å². The van der Waals surface area contributed by atoms with Crippen LogP contribution in [0.5, 0.6) is 5.75 Å². The Balaban J connectivity index is 2.23. The van der Waals surface area contributed by atoms with Gasteiger partial charge < -0.3 is 15.0 Å². The smallest absolute Gasteiger partial charge is 0.142 e. The summed E-state index contributed by atoms with van der Waals surface area (Å²) in [5, 5.41) is 3.15. The van der Waals surface area contributed by atoms with Gasteiger partial charge in [0.1, 0.15) is 11.6 Å². The lowest BCUT2D eigenvalue weighted by Crippen LogP contribution is -2.08. The van der Waals surface area contributed by atoms with Crippen LogP contribution < -0.4 is 15.0 Å². The van der Waals surface area contributed by atoms with Gasteiger partial charge in [-0.25, -0.2) is 4.39 Å². The summed E-state index contributed by atoms with van der Waals surface area (Å²) in [6.07, 6.45) is 0. The molecule has 3 nitrogen and oxygen atoms in total. The third-order valence-corrected chi connectivity index (χ3v) is 2.82. The van der Waals surface area contributed by atoms with E-state index in [0.29, 0.717) is 11.4 Å². The van der Waals surface area contributed by atoms with Gasteiger partial charge in [-0.15, -0.1) is 0 Å². The van der Waals surface area contributed by atoms with E-state index in [4.69, 9.17) is 4.74 Å². The van der Waals surface area contributed by atoms with Crippen LogP contribution in [0.25, 0.3) is 0 Å². The molecule has 0 radical (unpaired) electrons. The van der Waals surface area contributed by atoms with Gasteiger partial charge in [0.15, 0.2) is 0 Å². The Labute approximate surface area is 112 Å². The first-order chi connectivity index (χ1) is 9.10. The maximum absolute atomic E-state index is 13.3. The minimum absolute atomic E-state index is 0.298. The van der Waals surface area contributed by atoms with Gasteiger partial charge in [-0.05, 0) is 36.4 Å². The molecule has 0 spiro atoms. The molecule has 2 aromatic rings. The van der Waals surface area contributed by atoms with Gasteiger partial charge >= 0.3 is 0 Å². The van der Waals surface area contributed by atoms with Gasteiger partial charge in [0.05, 0.1) is 12.8 Å². The summed E-state index contributed by atoms with van der Waals surface area (Å²) in [5.74, 6) is 0.311. The number of rotatable bonds is 4. The molecular weight excluding hydrogens is 243 g/mol. The first kappa shape index (κ1) is 13.2. The molecule has 19 heavy (non-hydrogen) atoms. The summed E-state index contributed by atoms with van der Waals surface area (Å²) in [4.78, 5) is 2.02. The topological polar surface area (TPSA) is 24.5 Å². The Morgan fingerprint density at radius 1 is 1.05 bits per heavy atom. The Hall–Kier alpha value is -2.23. The zero-order valence-corrected chi connectivity index (χ0v) is 11.3. The highest BCUT2D eigenvalue weighted by Crippen LogP contribution is 2.28. The molecule has 0 heterocycles. The number of halogens is 1. The van der Waals surface area contributed by atoms with E-state index >= 15 is 0 Å². The molecule has 0 aliphatic rings. The fraction of sp³-hybridized carbons (Fsp3) is 0.200. The molecule has 0 amide bonds. The van der Waals surface area contributed by atoms with Crippen LogP contribution in [0.4, 0.5) is 21.5 Å². The summed E-state index contributed by atoms with van der Waals surface area (Å²) in [5.41, 5.74) is 2.60. The SMILES string of the molecule is COc1ccc(F)cc1Nc1ccc(N(C)C)cc1. The average molecular weight is 260 g/mol. The molecule has 0 unspecified atom stereocenters. The molecule has 100 valence electrons. The second-order valence-electron chi connectivity index (χ2n) is 4.41. The van der Waals surface area contributed by atoms with Gasteiger partial charge in [-0.1, -0.05) is 0 Å². The quantitative estimate of drug-likeness (QED) is 0.908. The number of nitrogens with zero attached hydrogens (tertiary/aromatic N) is 1. The highest BCUT2D eigenvalue weighted by atomic mass is 19.1. The minimum atomic E-state index is -0.298. The molecule has 0 saturated carbocycles. The second-order valence-corrected chi connectivity index (χ2v) is 4.41. The monoisotopic (exact) mass is 260 g/mol.